The molecule has 0 aromatic heterocycles. The highest BCUT2D eigenvalue weighted by atomic mass is 19.1. The van der Waals surface area contributed by atoms with Crippen LogP contribution in [0.2, 0.25) is 0 Å². The first-order valence-corrected chi connectivity index (χ1v) is 7.26. The molecule has 0 aliphatic rings. The molecule has 0 aliphatic carbocycles. The second-order valence-corrected chi connectivity index (χ2v) is 6.90. The molecule has 1 N–H and O–H groups in total. The minimum Gasteiger partial charge on any atom is -0.385 e. The van der Waals surface area contributed by atoms with Crippen LogP contribution in [0, 0.1) is 5.82 Å². The fourth-order valence-corrected chi connectivity index (χ4v) is 2.43. The lowest BCUT2D eigenvalue weighted by Crippen LogP contribution is -2.24. The zero-order chi connectivity index (χ0) is 15.7. The van der Waals surface area contributed by atoms with E-state index in [1.54, 1.807) is 19.1 Å². The number of rotatable bonds is 3. The molecule has 1 nitrogen and oxygen atoms in total. The molecule has 1 atom stereocenters. The highest BCUT2D eigenvalue weighted by Gasteiger charge is 2.24. The first kappa shape index (κ1) is 15.7. The van der Waals surface area contributed by atoms with E-state index in [1.807, 2.05) is 0 Å². The zero-order valence-electron chi connectivity index (χ0n) is 13.2. The first-order chi connectivity index (χ1) is 9.68. The Morgan fingerprint density at radius 3 is 1.76 bits per heavy atom. The summed E-state index contributed by atoms with van der Waals surface area (Å²) >= 11 is 0. The maximum absolute atomic E-state index is 13.0. The molecule has 0 saturated carbocycles. The summed E-state index contributed by atoms with van der Waals surface area (Å²) in [5, 5.41) is 10.6. The summed E-state index contributed by atoms with van der Waals surface area (Å²) < 4.78 is 13.0. The summed E-state index contributed by atoms with van der Waals surface area (Å²) in [6, 6.07) is 14.4. The van der Waals surface area contributed by atoms with E-state index < -0.39 is 5.60 Å². The van der Waals surface area contributed by atoms with Crippen LogP contribution in [0.4, 0.5) is 4.39 Å². The van der Waals surface area contributed by atoms with Gasteiger partial charge in [-0.25, -0.2) is 4.39 Å². The van der Waals surface area contributed by atoms with Crippen molar-refractivity contribution in [2.45, 2.75) is 45.1 Å². The molecule has 0 saturated heterocycles. The Morgan fingerprint density at radius 2 is 1.29 bits per heavy atom. The minimum absolute atomic E-state index is 0.123. The predicted octanol–water partition coefficient (Wildman–Crippen LogP) is 4.57. The Balaban J connectivity index is 2.18. The molecule has 2 aromatic carbocycles. The van der Waals surface area contributed by atoms with Crippen molar-refractivity contribution in [3.63, 3.8) is 0 Å². The average molecular weight is 286 g/mol. The van der Waals surface area contributed by atoms with Gasteiger partial charge in [0.2, 0.25) is 0 Å². The van der Waals surface area contributed by atoms with Gasteiger partial charge in [-0.05, 0) is 41.2 Å². The fourth-order valence-electron chi connectivity index (χ4n) is 2.43. The molecule has 2 rings (SSSR count). The lowest BCUT2D eigenvalue weighted by atomic mass is 9.84. The minimum atomic E-state index is -1.00. The molecule has 0 fully saturated rings. The van der Waals surface area contributed by atoms with Crippen LogP contribution in [0.5, 0.6) is 0 Å². The van der Waals surface area contributed by atoms with E-state index in [1.165, 1.54) is 17.7 Å². The van der Waals surface area contributed by atoms with Crippen LogP contribution < -0.4 is 0 Å². The summed E-state index contributed by atoms with van der Waals surface area (Å²) in [6.45, 7) is 8.29. The molecule has 2 aromatic rings. The normalized spacial score (nSPS) is 14.8. The molecule has 21 heavy (non-hydrogen) atoms. The maximum atomic E-state index is 13.0. The molecule has 1 unspecified atom stereocenters. The van der Waals surface area contributed by atoms with E-state index in [9.17, 15) is 9.50 Å². The summed E-state index contributed by atoms with van der Waals surface area (Å²) in [5.41, 5.74) is 2.18. The van der Waals surface area contributed by atoms with Crippen molar-refractivity contribution in [2.24, 2.45) is 0 Å². The van der Waals surface area contributed by atoms with Gasteiger partial charge in [0.05, 0.1) is 5.60 Å². The quantitative estimate of drug-likeness (QED) is 0.876. The number of benzene rings is 2. The molecule has 2 heteroatoms. The van der Waals surface area contributed by atoms with Gasteiger partial charge in [-0.1, -0.05) is 57.2 Å². The van der Waals surface area contributed by atoms with Gasteiger partial charge in [0.25, 0.3) is 0 Å². The summed E-state index contributed by atoms with van der Waals surface area (Å²) in [5.74, 6) is -0.288. The second-order valence-electron chi connectivity index (χ2n) is 6.90. The van der Waals surface area contributed by atoms with Crippen molar-refractivity contribution in [3.05, 3.63) is 71.0 Å². The van der Waals surface area contributed by atoms with Gasteiger partial charge in [-0.3, -0.25) is 0 Å². The number of aliphatic hydroxyl groups is 1. The Hall–Kier alpha value is -1.67. The summed E-state index contributed by atoms with van der Waals surface area (Å²) in [4.78, 5) is 0. The highest BCUT2D eigenvalue weighted by Crippen LogP contribution is 2.27. The van der Waals surface area contributed by atoms with Gasteiger partial charge < -0.3 is 5.11 Å². The van der Waals surface area contributed by atoms with Crippen LogP contribution in [0.3, 0.4) is 0 Å². The van der Waals surface area contributed by atoms with Crippen LogP contribution in [-0.2, 0) is 17.4 Å². The van der Waals surface area contributed by atoms with Crippen molar-refractivity contribution >= 4 is 0 Å². The summed E-state index contributed by atoms with van der Waals surface area (Å²) in [7, 11) is 0. The maximum Gasteiger partial charge on any atom is 0.123 e. The predicted molar refractivity (Wildman–Crippen MR) is 84.8 cm³/mol. The van der Waals surface area contributed by atoms with Crippen molar-refractivity contribution in [1.82, 2.24) is 0 Å². The van der Waals surface area contributed by atoms with E-state index in [4.69, 9.17) is 0 Å². The number of halogens is 1. The Labute approximate surface area is 126 Å². The molecular weight excluding hydrogens is 263 g/mol. The van der Waals surface area contributed by atoms with Gasteiger partial charge in [-0.15, -0.1) is 0 Å². The molecule has 0 amide bonds. The van der Waals surface area contributed by atoms with E-state index in [0.717, 1.165) is 11.1 Å². The summed E-state index contributed by atoms with van der Waals surface area (Å²) in [6.07, 6.45) is 0.503. The molecule has 0 radical (unpaired) electrons. The van der Waals surface area contributed by atoms with Crippen LogP contribution in [-0.4, -0.2) is 5.11 Å². The SMILES string of the molecule is CC(C)(C)c1ccc(CC(C)(O)c2ccc(F)cc2)cc1. The average Bonchev–Trinajstić information content (AvgIpc) is 2.38. The number of hydrogen-bond acceptors (Lipinski definition) is 1. The van der Waals surface area contributed by atoms with Crippen molar-refractivity contribution in [3.8, 4) is 0 Å². The van der Waals surface area contributed by atoms with E-state index in [-0.39, 0.29) is 11.2 Å². The monoisotopic (exact) mass is 286 g/mol. The molecule has 0 aliphatic heterocycles. The molecule has 0 bridgehead atoms. The zero-order valence-corrected chi connectivity index (χ0v) is 13.2. The Kier molecular flexibility index (Phi) is 4.20. The highest BCUT2D eigenvalue weighted by molar-refractivity contribution is 5.30. The topological polar surface area (TPSA) is 20.2 Å². The van der Waals surface area contributed by atoms with Crippen molar-refractivity contribution < 1.29 is 9.50 Å². The van der Waals surface area contributed by atoms with E-state index in [0.29, 0.717) is 6.42 Å². The van der Waals surface area contributed by atoms with Gasteiger partial charge in [0.15, 0.2) is 0 Å². The van der Waals surface area contributed by atoms with E-state index in [2.05, 4.69) is 45.0 Å². The molecular formula is C19H23FO. The van der Waals surface area contributed by atoms with Crippen molar-refractivity contribution in [1.29, 1.82) is 0 Å². The molecule has 112 valence electrons. The van der Waals surface area contributed by atoms with Crippen LogP contribution in [0.1, 0.15) is 44.4 Å². The van der Waals surface area contributed by atoms with Gasteiger partial charge in [0, 0.05) is 6.42 Å². The van der Waals surface area contributed by atoms with Gasteiger partial charge in [-0.2, -0.15) is 0 Å². The standard InChI is InChI=1S/C19H23FO/c1-18(2,3)15-7-5-14(6-8-15)13-19(4,21)16-9-11-17(20)12-10-16/h5-12,21H,13H2,1-4H3. The second kappa shape index (κ2) is 5.61. The molecule has 0 spiro atoms. The third-order valence-corrected chi connectivity index (χ3v) is 3.83. The third-order valence-electron chi connectivity index (χ3n) is 3.83. The van der Waals surface area contributed by atoms with Crippen LogP contribution in [0.15, 0.2) is 48.5 Å². The smallest absolute Gasteiger partial charge is 0.123 e. The Morgan fingerprint density at radius 1 is 0.810 bits per heavy atom. The molecule has 0 heterocycles. The van der Waals surface area contributed by atoms with Crippen LogP contribution >= 0.6 is 0 Å². The van der Waals surface area contributed by atoms with E-state index >= 15 is 0 Å². The van der Waals surface area contributed by atoms with Gasteiger partial charge in [0.1, 0.15) is 5.82 Å². The first-order valence-electron chi connectivity index (χ1n) is 7.26. The van der Waals surface area contributed by atoms with Crippen molar-refractivity contribution in [2.75, 3.05) is 0 Å². The lowest BCUT2D eigenvalue weighted by molar-refractivity contribution is 0.0575. The fraction of sp³-hybridized carbons (Fsp3) is 0.368. The lowest BCUT2D eigenvalue weighted by Gasteiger charge is -2.25. The Bertz CT molecular complexity index is 589. The largest absolute Gasteiger partial charge is 0.385 e. The van der Waals surface area contributed by atoms with Gasteiger partial charge >= 0.3 is 0 Å². The van der Waals surface area contributed by atoms with Crippen LogP contribution in [0.25, 0.3) is 0 Å². The number of hydrogen-bond donors (Lipinski definition) is 1. The third kappa shape index (κ3) is 3.92.